The second-order valence-electron chi connectivity index (χ2n) is 2.37. The van der Waals surface area contributed by atoms with Crippen molar-refractivity contribution < 1.29 is 19.1 Å². The highest BCUT2D eigenvalue weighted by Gasteiger charge is 2.18. The van der Waals surface area contributed by atoms with Crippen LogP contribution in [-0.2, 0) is 19.1 Å². The summed E-state index contributed by atoms with van der Waals surface area (Å²) in [5, 5.41) is 2.08. The Morgan fingerprint density at radius 1 is 1.43 bits per heavy atom. The zero-order valence-electron chi connectivity index (χ0n) is 7.98. The van der Waals surface area contributed by atoms with Gasteiger partial charge >= 0.3 is 11.9 Å². The summed E-state index contributed by atoms with van der Waals surface area (Å²) in [6.07, 6.45) is 0.305. The van der Waals surface area contributed by atoms with E-state index in [0.29, 0.717) is 0 Å². The van der Waals surface area contributed by atoms with Crippen molar-refractivity contribution in [2.24, 2.45) is 4.99 Å². The average molecular weight is 217 g/mol. The van der Waals surface area contributed by atoms with Gasteiger partial charge in [0, 0.05) is 6.42 Å². The van der Waals surface area contributed by atoms with Gasteiger partial charge in [-0.1, -0.05) is 0 Å². The van der Waals surface area contributed by atoms with Gasteiger partial charge in [0.25, 0.3) is 0 Å². The first-order valence-electron chi connectivity index (χ1n) is 3.87. The molecule has 0 rings (SSSR count). The standard InChI is InChI=1S/C8H11NO4S/c1-12-7(10)4-3-6(9-5-14)8(11)13-2/h6H,3-4H2,1-2H3. The first-order chi connectivity index (χ1) is 6.65. The summed E-state index contributed by atoms with van der Waals surface area (Å²) < 4.78 is 8.87. The van der Waals surface area contributed by atoms with Crippen molar-refractivity contribution in [2.75, 3.05) is 14.2 Å². The van der Waals surface area contributed by atoms with Gasteiger partial charge in [0.15, 0.2) is 6.04 Å². The molecule has 6 heteroatoms. The number of nitrogens with zero attached hydrogens (tertiary/aromatic N) is 1. The van der Waals surface area contributed by atoms with E-state index < -0.39 is 18.0 Å². The van der Waals surface area contributed by atoms with Gasteiger partial charge in [0.05, 0.1) is 19.4 Å². The summed E-state index contributed by atoms with van der Waals surface area (Å²) in [4.78, 5) is 25.4. The molecule has 78 valence electrons. The molecule has 0 saturated heterocycles. The van der Waals surface area contributed by atoms with E-state index >= 15 is 0 Å². The molecule has 0 heterocycles. The molecule has 0 aliphatic rings. The first kappa shape index (κ1) is 12.7. The molecule has 0 saturated carbocycles. The third-order valence-corrected chi connectivity index (χ3v) is 1.64. The minimum absolute atomic E-state index is 0.0940. The van der Waals surface area contributed by atoms with Crippen LogP contribution in [0.3, 0.4) is 0 Å². The topological polar surface area (TPSA) is 65.0 Å². The van der Waals surface area contributed by atoms with Crippen LogP contribution >= 0.6 is 12.2 Å². The Morgan fingerprint density at radius 3 is 2.50 bits per heavy atom. The largest absolute Gasteiger partial charge is 0.469 e. The van der Waals surface area contributed by atoms with Gasteiger partial charge in [0.2, 0.25) is 0 Å². The van der Waals surface area contributed by atoms with Gasteiger partial charge in [-0.15, -0.1) is 0 Å². The molecule has 5 nitrogen and oxygen atoms in total. The zero-order valence-corrected chi connectivity index (χ0v) is 8.80. The highest BCUT2D eigenvalue weighted by atomic mass is 32.1. The Hall–Kier alpha value is -1.26. The molecule has 14 heavy (non-hydrogen) atoms. The van der Waals surface area contributed by atoms with Crippen LogP contribution in [0.15, 0.2) is 4.99 Å². The molecule has 0 fully saturated rings. The van der Waals surface area contributed by atoms with Crippen LogP contribution < -0.4 is 0 Å². The number of hydrogen-bond acceptors (Lipinski definition) is 6. The van der Waals surface area contributed by atoms with Gasteiger partial charge in [-0.05, 0) is 18.6 Å². The van der Waals surface area contributed by atoms with Gasteiger partial charge in [-0.25, -0.2) is 9.79 Å². The first-order valence-corrected chi connectivity index (χ1v) is 4.28. The lowest BCUT2D eigenvalue weighted by Gasteiger charge is -2.06. The molecule has 0 aliphatic carbocycles. The number of ether oxygens (including phenoxy) is 2. The number of isothiocyanates is 1. The van der Waals surface area contributed by atoms with Crippen LogP contribution in [0.2, 0.25) is 0 Å². The lowest BCUT2D eigenvalue weighted by molar-refractivity contribution is -0.143. The second-order valence-corrected chi connectivity index (χ2v) is 2.56. The van der Waals surface area contributed by atoms with Gasteiger partial charge in [-0.3, -0.25) is 4.79 Å². The lowest BCUT2D eigenvalue weighted by atomic mass is 10.2. The summed E-state index contributed by atoms with van der Waals surface area (Å²) >= 11 is 4.36. The number of esters is 2. The Kier molecular flexibility index (Phi) is 6.53. The minimum atomic E-state index is -0.767. The van der Waals surface area contributed by atoms with E-state index in [-0.39, 0.29) is 12.8 Å². The molecule has 0 aliphatic heterocycles. The molecule has 0 aromatic carbocycles. The van der Waals surface area contributed by atoms with E-state index in [1.54, 1.807) is 0 Å². The summed E-state index contributed by atoms with van der Waals surface area (Å²) in [6.45, 7) is 0. The maximum Gasteiger partial charge on any atom is 0.331 e. The maximum atomic E-state index is 11.0. The molecule has 1 unspecified atom stereocenters. The lowest BCUT2D eigenvalue weighted by Crippen LogP contribution is -2.21. The van der Waals surface area contributed by atoms with E-state index in [1.165, 1.54) is 14.2 Å². The van der Waals surface area contributed by atoms with Crippen molar-refractivity contribution in [3.8, 4) is 0 Å². The van der Waals surface area contributed by atoms with Crippen LogP contribution in [-0.4, -0.2) is 37.4 Å². The van der Waals surface area contributed by atoms with Crippen LogP contribution in [0.25, 0.3) is 0 Å². The number of aliphatic imine (C=N–C) groups is 1. The normalized spacial score (nSPS) is 11.0. The van der Waals surface area contributed by atoms with Crippen LogP contribution in [0.1, 0.15) is 12.8 Å². The number of thiocarbonyl (C=S) groups is 1. The Labute approximate surface area is 87.1 Å². The Morgan fingerprint density at radius 2 is 2.07 bits per heavy atom. The van der Waals surface area contributed by atoms with E-state index in [1.807, 2.05) is 0 Å². The van der Waals surface area contributed by atoms with Crippen LogP contribution in [0.4, 0.5) is 0 Å². The van der Waals surface area contributed by atoms with Gasteiger partial charge in [-0.2, -0.15) is 0 Å². The minimum Gasteiger partial charge on any atom is -0.469 e. The Bertz CT molecular complexity index is 260. The smallest absolute Gasteiger partial charge is 0.331 e. The molecular formula is C8H11NO4S. The second kappa shape index (κ2) is 7.17. The zero-order chi connectivity index (χ0) is 11.0. The van der Waals surface area contributed by atoms with Crippen molar-refractivity contribution in [1.82, 2.24) is 0 Å². The van der Waals surface area contributed by atoms with E-state index in [4.69, 9.17) is 0 Å². The fraction of sp³-hybridized carbons (Fsp3) is 0.625. The fourth-order valence-electron chi connectivity index (χ4n) is 0.791. The molecule has 0 bridgehead atoms. The molecule has 1 atom stereocenters. The molecule has 0 aromatic rings. The number of carbonyl (C=O) groups excluding carboxylic acids is 2. The van der Waals surface area contributed by atoms with Crippen molar-refractivity contribution in [3.05, 3.63) is 0 Å². The third-order valence-electron chi connectivity index (χ3n) is 1.53. The average Bonchev–Trinajstić information content (AvgIpc) is 2.22. The van der Waals surface area contributed by atoms with E-state index in [9.17, 15) is 9.59 Å². The monoisotopic (exact) mass is 217 g/mol. The molecule has 0 N–H and O–H groups in total. The highest BCUT2D eigenvalue weighted by Crippen LogP contribution is 2.04. The van der Waals surface area contributed by atoms with Crippen molar-refractivity contribution in [3.63, 3.8) is 0 Å². The molecule has 0 radical (unpaired) electrons. The summed E-state index contributed by atoms with van der Waals surface area (Å²) in [5.74, 6) is -0.940. The molecule has 0 amide bonds. The number of rotatable bonds is 5. The van der Waals surface area contributed by atoms with E-state index in [0.717, 1.165) is 0 Å². The van der Waals surface area contributed by atoms with Gasteiger partial charge < -0.3 is 9.47 Å². The Balaban J connectivity index is 4.17. The SMILES string of the molecule is COC(=O)CCC(N=C=S)C(=O)OC. The summed E-state index contributed by atoms with van der Waals surface area (Å²) in [5.41, 5.74) is 0. The molecule has 0 aromatic heterocycles. The fourth-order valence-corrected chi connectivity index (χ4v) is 0.919. The summed E-state index contributed by atoms with van der Waals surface area (Å²) in [6, 6.07) is -0.767. The number of methoxy groups -OCH3 is 2. The molecule has 0 spiro atoms. The molecular weight excluding hydrogens is 206 g/mol. The van der Waals surface area contributed by atoms with Crippen molar-refractivity contribution in [1.29, 1.82) is 0 Å². The number of carbonyl (C=O) groups is 2. The summed E-state index contributed by atoms with van der Waals surface area (Å²) in [7, 11) is 2.52. The predicted octanol–water partition coefficient (Wildman–Crippen LogP) is 0.584. The number of hydrogen-bond donors (Lipinski definition) is 0. The van der Waals surface area contributed by atoms with Crippen molar-refractivity contribution in [2.45, 2.75) is 18.9 Å². The van der Waals surface area contributed by atoms with Crippen LogP contribution in [0.5, 0.6) is 0 Å². The van der Waals surface area contributed by atoms with Crippen LogP contribution in [0, 0.1) is 0 Å². The third kappa shape index (κ3) is 4.69. The van der Waals surface area contributed by atoms with Crippen molar-refractivity contribution >= 4 is 29.3 Å². The van der Waals surface area contributed by atoms with Gasteiger partial charge in [0.1, 0.15) is 0 Å². The van der Waals surface area contributed by atoms with E-state index in [2.05, 4.69) is 31.8 Å². The maximum absolute atomic E-state index is 11.0. The highest BCUT2D eigenvalue weighted by molar-refractivity contribution is 7.78. The predicted molar refractivity (Wildman–Crippen MR) is 52.1 cm³/mol. The quantitative estimate of drug-likeness (QED) is 0.383.